The third-order valence-electron chi connectivity index (χ3n) is 2.67. The molecule has 0 bridgehead atoms. The number of nitrogens with zero attached hydrogens (tertiary/aromatic N) is 1. The molecule has 0 unspecified atom stereocenters. The Morgan fingerprint density at radius 2 is 2.00 bits per heavy atom. The average Bonchev–Trinajstić information content (AvgIpc) is 2.31. The summed E-state index contributed by atoms with van der Waals surface area (Å²) in [6.07, 6.45) is 7.08. The Kier molecular flexibility index (Phi) is 5.57. The van der Waals surface area contributed by atoms with Gasteiger partial charge in [-0.3, -0.25) is 9.10 Å². The molecule has 1 aliphatic rings. The molecule has 0 aliphatic carbocycles. The zero-order chi connectivity index (χ0) is 14.4. The number of piperidine rings is 1. The molecule has 1 atom stereocenters. The lowest BCUT2D eigenvalue weighted by Gasteiger charge is -2.34. The number of thiol groups is 1. The molecule has 1 rings (SSSR count). The monoisotopic (exact) mass is 282 g/mol. The molecular formula is C13H18N2O3S. The van der Waals surface area contributed by atoms with Crippen LogP contribution in [0, 0.1) is 0 Å². The fourth-order valence-electron chi connectivity index (χ4n) is 2.05. The second kappa shape index (κ2) is 6.94. The molecule has 0 radical (unpaired) electrons. The second-order valence-electron chi connectivity index (χ2n) is 4.14. The summed E-state index contributed by atoms with van der Waals surface area (Å²) in [5, 5.41) is 2.74. The predicted molar refractivity (Wildman–Crippen MR) is 75.8 cm³/mol. The topological polar surface area (TPSA) is 66.5 Å². The molecule has 0 spiro atoms. The van der Waals surface area contributed by atoms with Gasteiger partial charge in [0.25, 0.3) is 0 Å². The number of nitrogens with one attached hydrogen (secondary N) is 1. The van der Waals surface area contributed by atoms with E-state index in [1.54, 1.807) is 18.2 Å². The summed E-state index contributed by atoms with van der Waals surface area (Å²) in [4.78, 5) is 11.1. The van der Waals surface area contributed by atoms with E-state index in [0.717, 1.165) is 5.57 Å². The van der Waals surface area contributed by atoms with Gasteiger partial charge >= 0.3 is 0 Å². The van der Waals surface area contributed by atoms with Crippen LogP contribution in [0.3, 0.4) is 0 Å². The van der Waals surface area contributed by atoms with Gasteiger partial charge in [0, 0.05) is 6.92 Å². The van der Waals surface area contributed by atoms with Crippen molar-refractivity contribution in [1.29, 1.82) is 0 Å². The van der Waals surface area contributed by atoms with Crippen LogP contribution in [0.2, 0.25) is 0 Å². The minimum absolute atomic E-state index is 0.180. The quantitative estimate of drug-likeness (QED) is 0.753. The van der Waals surface area contributed by atoms with Crippen LogP contribution in [-0.2, 0) is 15.7 Å². The molecule has 0 aromatic heterocycles. The molecule has 1 N–H and O–H groups in total. The molecule has 0 saturated carbocycles. The number of carbonyl (C=O) groups excluding carboxylic acids is 1. The van der Waals surface area contributed by atoms with E-state index in [1.807, 2.05) is 0 Å². The highest BCUT2D eigenvalue weighted by atomic mass is 32.2. The summed E-state index contributed by atoms with van der Waals surface area (Å²) in [5.41, 5.74) is 1.38. The fourth-order valence-corrected chi connectivity index (χ4v) is 2.75. The van der Waals surface area contributed by atoms with Crippen molar-refractivity contribution < 1.29 is 13.2 Å². The first-order valence-corrected chi connectivity index (χ1v) is 6.96. The lowest BCUT2D eigenvalue weighted by atomic mass is 9.97. The maximum absolute atomic E-state index is 11.3. The van der Waals surface area contributed by atoms with Crippen molar-refractivity contribution in [1.82, 2.24) is 9.62 Å². The fraction of sp³-hybridized carbons (Fsp3) is 0.308. The summed E-state index contributed by atoms with van der Waals surface area (Å²) >= 11 is 0. The Morgan fingerprint density at radius 1 is 1.37 bits per heavy atom. The van der Waals surface area contributed by atoms with Gasteiger partial charge in [0.15, 0.2) is 0 Å². The molecule has 0 aromatic carbocycles. The van der Waals surface area contributed by atoms with Crippen LogP contribution in [0.25, 0.3) is 0 Å². The maximum atomic E-state index is 11.3. The normalized spacial score (nSPS) is 23.7. The predicted octanol–water partition coefficient (Wildman–Crippen LogP) is 0.905. The van der Waals surface area contributed by atoms with Crippen molar-refractivity contribution in [2.75, 3.05) is 6.54 Å². The van der Waals surface area contributed by atoms with Crippen molar-refractivity contribution in [2.45, 2.75) is 19.4 Å². The van der Waals surface area contributed by atoms with Crippen molar-refractivity contribution in [3.63, 3.8) is 0 Å². The lowest BCUT2D eigenvalue weighted by molar-refractivity contribution is -0.119. The van der Waals surface area contributed by atoms with E-state index in [9.17, 15) is 13.2 Å². The molecule has 1 saturated heterocycles. The van der Waals surface area contributed by atoms with Gasteiger partial charge in [-0.25, -0.2) is 8.42 Å². The highest BCUT2D eigenvalue weighted by Gasteiger charge is 2.28. The largest absolute Gasteiger partial charge is 0.351 e. The third-order valence-corrected chi connectivity index (χ3v) is 3.44. The molecule has 104 valence electrons. The molecule has 19 heavy (non-hydrogen) atoms. The van der Waals surface area contributed by atoms with Crippen LogP contribution in [0.4, 0.5) is 0 Å². The Morgan fingerprint density at radius 3 is 2.47 bits per heavy atom. The van der Waals surface area contributed by atoms with Crippen molar-refractivity contribution in [3.8, 4) is 0 Å². The highest BCUT2D eigenvalue weighted by molar-refractivity contribution is 7.70. The maximum Gasteiger partial charge on any atom is 0.225 e. The van der Waals surface area contributed by atoms with Crippen molar-refractivity contribution in [2.24, 2.45) is 0 Å². The van der Waals surface area contributed by atoms with Crippen molar-refractivity contribution >= 4 is 16.8 Å². The zero-order valence-electron chi connectivity index (χ0n) is 10.8. The summed E-state index contributed by atoms with van der Waals surface area (Å²) in [5.74, 6) is -0.180. The average molecular weight is 282 g/mol. The minimum Gasteiger partial charge on any atom is -0.351 e. The van der Waals surface area contributed by atoms with E-state index in [4.69, 9.17) is 0 Å². The first-order chi connectivity index (χ1) is 8.99. The van der Waals surface area contributed by atoms with Gasteiger partial charge in [0.05, 0.1) is 18.3 Å². The summed E-state index contributed by atoms with van der Waals surface area (Å²) in [7, 11) is -2.77. The smallest absolute Gasteiger partial charge is 0.225 e. The lowest BCUT2D eigenvalue weighted by Crippen LogP contribution is -2.46. The Hall–Kier alpha value is -1.82. The molecule has 1 aliphatic heterocycles. The van der Waals surface area contributed by atoms with Gasteiger partial charge in [-0.15, -0.1) is 0 Å². The number of hydrogen-bond donors (Lipinski definition) is 2. The van der Waals surface area contributed by atoms with E-state index >= 15 is 0 Å². The second-order valence-corrected chi connectivity index (χ2v) is 5.10. The molecule has 0 aromatic rings. The van der Waals surface area contributed by atoms with Gasteiger partial charge in [-0.2, -0.15) is 0 Å². The van der Waals surface area contributed by atoms with Crippen LogP contribution in [-0.4, -0.2) is 31.2 Å². The van der Waals surface area contributed by atoms with E-state index in [-0.39, 0.29) is 18.5 Å². The molecule has 6 heteroatoms. The molecule has 1 fully saturated rings. The first-order valence-electron chi connectivity index (χ1n) is 5.83. The van der Waals surface area contributed by atoms with Gasteiger partial charge in [-0.05, 0) is 18.1 Å². The van der Waals surface area contributed by atoms with Gasteiger partial charge < -0.3 is 5.32 Å². The minimum atomic E-state index is -2.77. The van der Waals surface area contributed by atoms with Crippen LogP contribution in [0.1, 0.15) is 13.3 Å². The summed E-state index contributed by atoms with van der Waals surface area (Å²) < 4.78 is 23.9. The number of allylic oxidation sites excluding steroid dienone is 5. The summed E-state index contributed by atoms with van der Waals surface area (Å²) in [6.45, 7) is 8.85. The number of amides is 1. The molecule has 5 nitrogen and oxygen atoms in total. The van der Waals surface area contributed by atoms with Crippen molar-refractivity contribution in [3.05, 3.63) is 48.7 Å². The van der Waals surface area contributed by atoms with Crippen LogP contribution < -0.4 is 5.32 Å². The molecular weight excluding hydrogens is 264 g/mol. The number of rotatable bonds is 4. The van der Waals surface area contributed by atoms with E-state index in [1.165, 1.54) is 17.3 Å². The first kappa shape index (κ1) is 15.2. The Labute approximate surface area is 115 Å². The van der Waals surface area contributed by atoms with E-state index < -0.39 is 10.9 Å². The van der Waals surface area contributed by atoms with Gasteiger partial charge in [0.1, 0.15) is 0 Å². The standard InChI is InChI=1S/C13H18N2O3S/c1-4-6-11-8-12(14-10(3)16)9-15(19(17)18)13(11)7-5-2/h4-7,12,19H,1-2,8-9H2,3H3,(H,14,16)/b11-6-,13-7+/t12-/m1/s1. The van der Waals surface area contributed by atoms with Crippen LogP contribution in [0.15, 0.2) is 48.7 Å². The van der Waals surface area contributed by atoms with E-state index in [0.29, 0.717) is 12.1 Å². The Balaban J connectivity index is 3.15. The SMILES string of the molecule is C=C/C=C1/C[C@@H](NC(C)=O)CN([SH](=O)=O)/C1=C/C=C. The molecule has 1 amide bonds. The van der Waals surface area contributed by atoms with Gasteiger partial charge in [-0.1, -0.05) is 31.4 Å². The van der Waals surface area contributed by atoms with E-state index in [2.05, 4.69) is 18.5 Å². The summed E-state index contributed by atoms with van der Waals surface area (Å²) in [6, 6.07) is -0.237. The Bertz CT molecular complexity index is 510. The van der Waals surface area contributed by atoms with Gasteiger partial charge in [0.2, 0.25) is 16.8 Å². The van der Waals surface area contributed by atoms with Crippen LogP contribution >= 0.6 is 0 Å². The number of carbonyl (C=O) groups is 1. The zero-order valence-corrected chi connectivity index (χ0v) is 11.7. The highest BCUT2D eigenvalue weighted by Crippen LogP contribution is 2.27. The van der Waals surface area contributed by atoms with Crippen LogP contribution in [0.5, 0.6) is 0 Å². The number of hydrogen-bond acceptors (Lipinski definition) is 3. The third kappa shape index (κ3) is 4.10. The molecule has 1 heterocycles.